The fraction of sp³-hybridized carbons (Fsp3) is 0.0769. The Morgan fingerprint density at radius 1 is 0.938 bits per heavy atom. The second-order valence-corrected chi connectivity index (χ2v) is 7.81. The summed E-state index contributed by atoms with van der Waals surface area (Å²) < 4.78 is 0. The van der Waals surface area contributed by atoms with Gasteiger partial charge < -0.3 is 15.2 Å². The van der Waals surface area contributed by atoms with Crippen LogP contribution in [0.25, 0.3) is 16.7 Å². The molecule has 0 radical (unpaired) electrons. The molecule has 4 aromatic rings. The lowest BCUT2D eigenvalue weighted by Gasteiger charge is -2.25. The minimum Gasteiger partial charge on any atom is -0.507 e. The van der Waals surface area contributed by atoms with Gasteiger partial charge >= 0.3 is 0 Å². The Labute approximate surface area is 184 Å². The molecule has 1 atom stereocenters. The number of amides is 1. The molecule has 6 heteroatoms. The highest BCUT2D eigenvalue weighted by atomic mass is 16.3. The summed E-state index contributed by atoms with van der Waals surface area (Å²) in [7, 11) is 0. The number of hydrogen-bond acceptors (Lipinski definition) is 4. The second-order valence-electron chi connectivity index (χ2n) is 7.81. The number of aryl methyl sites for hydroxylation is 1. The molecular formula is C26H20N2O4. The van der Waals surface area contributed by atoms with Crippen LogP contribution < -0.4 is 4.90 Å². The fourth-order valence-electron chi connectivity index (χ4n) is 4.23. The number of aromatic nitrogens is 1. The number of ketones is 1. The monoisotopic (exact) mass is 424 g/mol. The van der Waals surface area contributed by atoms with Crippen molar-refractivity contribution < 1.29 is 19.8 Å². The lowest BCUT2D eigenvalue weighted by Crippen LogP contribution is -2.29. The summed E-state index contributed by atoms with van der Waals surface area (Å²) >= 11 is 0. The third-order valence-electron chi connectivity index (χ3n) is 5.83. The number of phenolic OH excluding ortho intramolecular Hbond substituents is 1. The van der Waals surface area contributed by atoms with Crippen molar-refractivity contribution in [3.63, 3.8) is 0 Å². The number of aliphatic hydroxyl groups is 1. The number of phenols is 1. The molecule has 0 aliphatic carbocycles. The first-order chi connectivity index (χ1) is 15.5. The standard InChI is InChI=1S/C26H20N2O4/c1-15-10-12-16(13-11-15)24(30)22-23(18-14-27-19-7-3-2-6-17(18)19)28(26(32)25(22)31)20-8-4-5-9-21(20)29/h2-14,23,27,29-30H,1H3/b24-22+. The van der Waals surface area contributed by atoms with Gasteiger partial charge in [0.1, 0.15) is 11.5 Å². The van der Waals surface area contributed by atoms with Crippen LogP contribution in [0, 0.1) is 6.92 Å². The fourth-order valence-corrected chi connectivity index (χ4v) is 4.23. The van der Waals surface area contributed by atoms with Crippen LogP contribution in [0.5, 0.6) is 5.75 Å². The quantitative estimate of drug-likeness (QED) is 0.250. The van der Waals surface area contributed by atoms with Gasteiger partial charge in [-0.25, -0.2) is 0 Å². The topological polar surface area (TPSA) is 93.6 Å². The van der Waals surface area contributed by atoms with E-state index in [1.165, 1.54) is 11.0 Å². The van der Waals surface area contributed by atoms with Crippen molar-refractivity contribution in [3.8, 4) is 5.75 Å². The molecule has 5 rings (SSSR count). The van der Waals surface area contributed by atoms with Crippen LogP contribution in [0.1, 0.15) is 22.7 Å². The zero-order valence-electron chi connectivity index (χ0n) is 17.2. The first-order valence-electron chi connectivity index (χ1n) is 10.2. The van der Waals surface area contributed by atoms with Gasteiger partial charge in [-0.05, 0) is 25.1 Å². The molecule has 3 aromatic carbocycles. The number of Topliss-reactive ketones (excluding diaryl/α,β-unsaturated/α-hetero) is 1. The van der Waals surface area contributed by atoms with Crippen molar-refractivity contribution in [2.45, 2.75) is 13.0 Å². The zero-order chi connectivity index (χ0) is 22.4. The first-order valence-corrected chi connectivity index (χ1v) is 10.2. The second kappa shape index (κ2) is 7.42. The molecule has 0 spiro atoms. The van der Waals surface area contributed by atoms with E-state index in [-0.39, 0.29) is 22.8 Å². The van der Waals surface area contributed by atoms with E-state index >= 15 is 0 Å². The predicted molar refractivity (Wildman–Crippen MR) is 122 cm³/mol. The van der Waals surface area contributed by atoms with Crippen molar-refractivity contribution in [1.29, 1.82) is 0 Å². The average Bonchev–Trinajstić information content (AvgIpc) is 3.33. The van der Waals surface area contributed by atoms with E-state index in [0.29, 0.717) is 11.1 Å². The first kappa shape index (κ1) is 19.6. The van der Waals surface area contributed by atoms with E-state index < -0.39 is 17.7 Å². The number of nitrogens with one attached hydrogen (secondary N) is 1. The van der Waals surface area contributed by atoms with Crippen LogP contribution in [0.4, 0.5) is 5.69 Å². The number of para-hydroxylation sites is 3. The molecule has 2 heterocycles. The number of hydrogen-bond donors (Lipinski definition) is 3. The summed E-state index contributed by atoms with van der Waals surface area (Å²) in [6, 6.07) is 20.1. The maximum absolute atomic E-state index is 13.2. The van der Waals surface area contributed by atoms with Gasteiger partial charge in [0.15, 0.2) is 0 Å². The number of aromatic amines is 1. The number of aromatic hydroxyl groups is 1. The van der Waals surface area contributed by atoms with E-state index in [1.807, 2.05) is 43.3 Å². The number of benzene rings is 3. The number of carbonyl (C=O) groups excluding carboxylic acids is 2. The summed E-state index contributed by atoms with van der Waals surface area (Å²) in [6.07, 6.45) is 1.73. The molecular weight excluding hydrogens is 404 g/mol. The SMILES string of the molecule is Cc1ccc(/C(O)=C2\C(=O)C(=O)N(c3ccccc3O)C2c2c[nH]c3ccccc23)cc1. The van der Waals surface area contributed by atoms with E-state index in [2.05, 4.69) is 4.98 Å². The molecule has 158 valence electrons. The lowest BCUT2D eigenvalue weighted by atomic mass is 9.94. The number of fused-ring (bicyclic) bond motifs is 1. The van der Waals surface area contributed by atoms with Crippen molar-refractivity contribution in [3.05, 3.63) is 101 Å². The van der Waals surface area contributed by atoms with Gasteiger partial charge in [-0.1, -0.05) is 60.2 Å². The van der Waals surface area contributed by atoms with Gasteiger partial charge in [0.05, 0.1) is 17.3 Å². The summed E-state index contributed by atoms with van der Waals surface area (Å²) in [4.78, 5) is 30.9. The molecule has 1 saturated heterocycles. The van der Waals surface area contributed by atoms with Gasteiger partial charge in [-0.3, -0.25) is 14.5 Å². The van der Waals surface area contributed by atoms with Crippen LogP contribution >= 0.6 is 0 Å². The summed E-state index contributed by atoms with van der Waals surface area (Å²) in [5, 5.41) is 22.5. The molecule has 6 nitrogen and oxygen atoms in total. The highest BCUT2D eigenvalue weighted by Gasteiger charge is 2.48. The van der Waals surface area contributed by atoms with E-state index in [9.17, 15) is 19.8 Å². The Bertz CT molecular complexity index is 1400. The molecule has 1 aliphatic heterocycles. The van der Waals surface area contributed by atoms with Gasteiger partial charge in [0.25, 0.3) is 11.7 Å². The van der Waals surface area contributed by atoms with Gasteiger partial charge in [0, 0.05) is 28.2 Å². The number of H-pyrrole nitrogens is 1. The Balaban J connectivity index is 1.80. The minimum atomic E-state index is -0.916. The van der Waals surface area contributed by atoms with Crippen LogP contribution in [0.15, 0.2) is 84.6 Å². The highest BCUT2D eigenvalue weighted by molar-refractivity contribution is 6.52. The Hall–Kier alpha value is -4.32. The molecule has 1 aliphatic rings. The third-order valence-corrected chi connectivity index (χ3v) is 5.83. The summed E-state index contributed by atoms with van der Waals surface area (Å²) in [6.45, 7) is 1.92. The van der Waals surface area contributed by atoms with Gasteiger partial charge in [-0.2, -0.15) is 0 Å². The lowest BCUT2D eigenvalue weighted by molar-refractivity contribution is -0.132. The van der Waals surface area contributed by atoms with Crippen LogP contribution in [-0.2, 0) is 9.59 Å². The van der Waals surface area contributed by atoms with Crippen molar-refractivity contribution in [2.75, 3.05) is 4.90 Å². The molecule has 3 N–H and O–H groups in total. The molecule has 0 bridgehead atoms. The van der Waals surface area contributed by atoms with Crippen LogP contribution in [0.2, 0.25) is 0 Å². The Morgan fingerprint density at radius 2 is 1.62 bits per heavy atom. The van der Waals surface area contributed by atoms with Crippen molar-refractivity contribution in [1.82, 2.24) is 4.98 Å². The Morgan fingerprint density at radius 3 is 2.38 bits per heavy atom. The zero-order valence-corrected chi connectivity index (χ0v) is 17.2. The number of carbonyl (C=O) groups is 2. The number of rotatable bonds is 3. The van der Waals surface area contributed by atoms with Gasteiger partial charge in [0.2, 0.25) is 0 Å². The molecule has 1 unspecified atom stereocenters. The van der Waals surface area contributed by atoms with Crippen LogP contribution in [-0.4, -0.2) is 26.9 Å². The molecule has 0 saturated carbocycles. The van der Waals surface area contributed by atoms with Crippen molar-refractivity contribution >= 4 is 34.0 Å². The largest absolute Gasteiger partial charge is 0.507 e. The van der Waals surface area contributed by atoms with E-state index in [4.69, 9.17) is 0 Å². The van der Waals surface area contributed by atoms with Crippen molar-refractivity contribution in [2.24, 2.45) is 0 Å². The highest BCUT2D eigenvalue weighted by Crippen LogP contribution is 2.46. The molecule has 1 aromatic heterocycles. The number of nitrogens with zero attached hydrogens (tertiary/aromatic N) is 1. The van der Waals surface area contributed by atoms with E-state index in [0.717, 1.165) is 16.5 Å². The molecule has 1 amide bonds. The van der Waals surface area contributed by atoms with Gasteiger partial charge in [-0.15, -0.1) is 0 Å². The Kier molecular flexibility index (Phi) is 4.56. The average molecular weight is 424 g/mol. The maximum atomic E-state index is 13.2. The summed E-state index contributed by atoms with van der Waals surface area (Å²) in [5.41, 5.74) is 3.11. The third kappa shape index (κ3) is 2.96. The normalized spacial score (nSPS) is 17.9. The summed E-state index contributed by atoms with van der Waals surface area (Å²) in [5.74, 6) is -2.00. The number of aliphatic hydroxyl groups excluding tert-OH is 1. The predicted octanol–water partition coefficient (Wildman–Crippen LogP) is 4.81. The smallest absolute Gasteiger partial charge is 0.300 e. The minimum absolute atomic E-state index is 0.0214. The number of anilines is 1. The van der Waals surface area contributed by atoms with E-state index in [1.54, 1.807) is 36.5 Å². The molecule has 32 heavy (non-hydrogen) atoms. The molecule has 1 fully saturated rings. The maximum Gasteiger partial charge on any atom is 0.300 e. The van der Waals surface area contributed by atoms with Crippen LogP contribution in [0.3, 0.4) is 0 Å².